The number of carbonyl (C=O) groups is 1. The number of nitrogens with two attached hydrogens (primary N) is 1. The van der Waals surface area contributed by atoms with Crippen molar-refractivity contribution >= 4 is 33.6 Å². The summed E-state index contributed by atoms with van der Waals surface area (Å²) in [5, 5.41) is 3.12. The second-order valence-electron chi connectivity index (χ2n) is 4.65. The first-order valence-corrected chi connectivity index (χ1v) is 7.51. The van der Waals surface area contributed by atoms with Crippen molar-refractivity contribution in [2.75, 3.05) is 30.4 Å². The maximum Gasteiger partial charge on any atom is 0.239 e. The second kappa shape index (κ2) is 7.39. The lowest BCUT2D eigenvalue weighted by atomic mass is 10.1. The average Bonchev–Trinajstić information content (AvgIpc) is 2.50. The van der Waals surface area contributed by atoms with Gasteiger partial charge >= 0.3 is 0 Å². The van der Waals surface area contributed by atoms with E-state index in [1.807, 2.05) is 4.90 Å². The third-order valence-corrected chi connectivity index (χ3v) is 3.79. The van der Waals surface area contributed by atoms with E-state index in [1.54, 1.807) is 6.20 Å². The zero-order valence-electron chi connectivity index (χ0n) is 11.2. The number of anilines is 2. The van der Waals surface area contributed by atoms with Gasteiger partial charge in [0, 0.05) is 32.3 Å². The van der Waals surface area contributed by atoms with E-state index in [4.69, 9.17) is 5.84 Å². The van der Waals surface area contributed by atoms with Gasteiger partial charge in [-0.2, -0.15) is 4.98 Å². The molecule has 1 aromatic heterocycles. The number of rotatable bonds is 5. The Balaban J connectivity index is 1.81. The standard InChI is InChI=1S/C12H19BrN6O/c13-9-8-16-12(18-14)17-11(9)15-5-4-10(20)19-6-2-1-3-7-19/h8H,1-7,14H2,(H2,15,16,17,18). The maximum atomic E-state index is 12.0. The van der Waals surface area contributed by atoms with Gasteiger partial charge in [0.1, 0.15) is 5.82 Å². The number of piperidine rings is 1. The lowest BCUT2D eigenvalue weighted by molar-refractivity contribution is -0.131. The Labute approximate surface area is 126 Å². The molecule has 0 radical (unpaired) electrons. The summed E-state index contributed by atoms with van der Waals surface area (Å²) >= 11 is 3.35. The largest absolute Gasteiger partial charge is 0.368 e. The molecule has 0 atom stereocenters. The minimum absolute atomic E-state index is 0.194. The first-order valence-electron chi connectivity index (χ1n) is 6.71. The van der Waals surface area contributed by atoms with Crippen LogP contribution in [0.5, 0.6) is 0 Å². The van der Waals surface area contributed by atoms with Gasteiger partial charge in [-0.1, -0.05) is 0 Å². The van der Waals surface area contributed by atoms with Crippen molar-refractivity contribution in [3.8, 4) is 0 Å². The number of hydrogen-bond donors (Lipinski definition) is 3. The van der Waals surface area contributed by atoms with Crippen LogP contribution in [0.2, 0.25) is 0 Å². The number of carbonyl (C=O) groups excluding carboxylic acids is 1. The SMILES string of the molecule is NNc1ncc(Br)c(NCCC(=O)N2CCCCC2)n1. The van der Waals surface area contributed by atoms with Gasteiger partial charge in [0.25, 0.3) is 0 Å². The Morgan fingerprint density at radius 3 is 2.85 bits per heavy atom. The first-order chi connectivity index (χ1) is 9.70. The Hall–Kier alpha value is -1.41. The highest BCUT2D eigenvalue weighted by Crippen LogP contribution is 2.19. The number of nitrogen functional groups attached to an aromatic ring is 1. The smallest absolute Gasteiger partial charge is 0.239 e. The fourth-order valence-corrected chi connectivity index (χ4v) is 2.48. The van der Waals surface area contributed by atoms with Crippen LogP contribution in [0.1, 0.15) is 25.7 Å². The van der Waals surface area contributed by atoms with Crippen molar-refractivity contribution in [2.24, 2.45) is 5.84 Å². The van der Waals surface area contributed by atoms with Gasteiger partial charge in [0.2, 0.25) is 11.9 Å². The van der Waals surface area contributed by atoms with Gasteiger partial charge in [-0.15, -0.1) is 0 Å². The molecular weight excluding hydrogens is 324 g/mol. The molecular formula is C12H19BrN6O. The molecule has 2 heterocycles. The zero-order valence-corrected chi connectivity index (χ0v) is 12.8. The van der Waals surface area contributed by atoms with Crippen LogP contribution in [0.15, 0.2) is 10.7 Å². The van der Waals surface area contributed by atoms with Gasteiger partial charge < -0.3 is 10.2 Å². The quantitative estimate of drug-likeness (QED) is 0.552. The molecule has 2 rings (SSSR count). The molecule has 0 saturated carbocycles. The highest BCUT2D eigenvalue weighted by Gasteiger charge is 2.16. The normalized spacial score (nSPS) is 15.0. The second-order valence-corrected chi connectivity index (χ2v) is 5.51. The summed E-state index contributed by atoms with van der Waals surface area (Å²) in [4.78, 5) is 22.1. The topological polar surface area (TPSA) is 96.2 Å². The molecule has 0 aromatic carbocycles. The Morgan fingerprint density at radius 1 is 1.40 bits per heavy atom. The Bertz CT molecular complexity index is 463. The summed E-state index contributed by atoms with van der Waals surface area (Å²) in [5.41, 5.74) is 2.39. The van der Waals surface area contributed by atoms with Crippen molar-refractivity contribution in [1.82, 2.24) is 14.9 Å². The van der Waals surface area contributed by atoms with Gasteiger partial charge in [-0.25, -0.2) is 10.8 Å². The minimum atomic E-state index is 0.194. The number of nitrogens with one attached hydrogen (secondary N) is 2. The molecule has 0 bridgehead atoms. The van der Waals surface area contributed by atoms with E-state index in [1.165, 1.54) is 6.42 Å². The molecule has 1 aliphatic heterocycles. The molecule has 1 aliphatic rings. The van der Waals surface area contributed by atoms with Crippen LogP contribution < -0.4 is 16.6 Å². The summed E-state index contributed by atoms with van der Waals surface area (Å²) in [7, 11) is 0. The Kier molecular flexibility index (Phi) is 5.54. The van der Waals surface area contributed by atoms with Crippen molar-refractivity contribution in [1.29, 1.82) is 0 Å². The number of hydrogen-bond acceptors (Lipinski definition) is 6. The van der Waals surface area contributed by atoms with E-state index in [-0.39, 0.29) is 5.91 Å². The highest BCUT2D eigenvalue weighted by molar-refractivity contribution is 9.10. The summed E-state index contributed by atoms with van der Waals surface area (Å²) < 4.78 is 0.738. The summed E-state index contributed by atoms with van der Waals surface area (Å²) in [6.45, 7) is 2.31. The van der Waals surface area contributed by atoms with Crippen LogP contribution in [0.3, 0.4) is 0 Å². The van der Waals surface area contributed by atoms with Crippen molar-refractivity contribution in [2.45, 2.75) is 25.7 Å². The van der Waals surface area contributed by atoms with Crippen molar-refractivity contribution in [3.63, 3.8) is 0 Å². The molecule has 1 fully saturated rings. The predicted octanol–water partition coefficient (Wildman–Crippen LogP) is 1.34. The summed E-state index contributed by atoms with van der Waals surface area (Å²) in [5.74, 6) is 6.41. The van der Waals surface area contributed by atoms with E-state index in [0.717, 1.165) is 30.4 Å². The van der Waals surface area contributed by atoms with Crippen LogP contribution in [0.25, 0.3) is 0 Å². The van der Waals surface area contributed by atoms with E-state index < -0.39 is 0 Å². The molecule has 4 N–H and O–H groups in total. The molecule has 20 heavy (non-hydrogen) atoms. The van der Waals surface area contributed by atoms with Crippen LogP contribution in [-0.2, 0) is 4.79 Å². The lowest BCUT2D eigenvalue weighted by Gasteiger charge is -2.26. The molecule has 0 aliphatic carbocycles. The van der Waals surface area contributed by atoms with Crippen molar-refractivity contribution < 1.29 is 4.79 Å². The third-order valence-electron chi connectivity index (χ3n) is 3.21. The van der Waals surface area contributed by atoms with E-state index in [2.05, 4.69) is 36.6 Å². The molecule has 0 unspecified atom stereocenters. The molecule has 1 amide bonds. The fraction of sp³-hybridized carbons (Fsp3) is 0.583. The van der Waals surface area contributed by atoms with E-state index >= 15 is 0 Å². The highest BCUT2D eigenvalue weighted by atomic mass is 79.9. The van der Waals surface area contributed by atoms with Crippen LogP contribution >= 0.6 is 15.9 Å². The van der Waals surface area contributed by atoms with Gasteiger partial charge in [0.05, 0.1) is 4.47 Å². The monoisotopic (exact) mass is 342 g/mol. The molecule has 1 aromatic rings. The molecule has 7 nitrogen and oxygen atoms in total. The predicted molar refractivity (Wildman–Crippen MR) is 81.1 cm³/mol. The molecule has 110 valence electrons. The van der Waals surface area contributed by atoms with E-state index in [0.29, 0.717) is 24.7 Å². The number of hydrazine groups is 1. The molecule has 8 heteroatoms. The molecule has 0 spiro atoms. The number of halogens is 1. The maximum absolute atomic E-state index is 12.0. The fourth-order valence-electron chi connectivity index (χ4n) is 2.15. The first kappa shape index (κ1) is 15.0. The minimum Gasteiger partial charge on any atom is -0.368 e. The van der Waals surface area contributed by atoms with Crippen LogP contribution in [-0.4, -0.2) is 40.4 Å². The lowest BCUT2D eigenvalue weighted by Crippen LogP contribution is -2.36. The number of nitrogens with zero attached hydrogens (tertiary/aromatic N) is 3. The number of aromatic nitrogens is 2. The molecule has 1 saturated heterocycles. The van der Waals surface area contributed by atoms with Crippen LogP contribution in [0.4, 0.5) is 11.8 Å². The van der Waals surface area contributed by atoms with Crippen LogP contribution in [0, 0.1) is 0 Å². The summed E-state index contributed by atoms with van der Waals surface area (Å²) in [6.07, 6.45) is 5.52. The third kappa shape index (κ3) is 4.04. The van der Waals surface area contributed by atoms with E-state index in [9.17, 15) is 4.79 Å². The van der Waals surface area contributed by atoms with Gasteiger partial charge in [-0.3, -0.25) is 10.2 Å². The Morgan fingerprint density at radius 2 is 2.15 bits per heavy atom. The van der Waals surface area contributed by atoms with Gasteiger partial charge in [0.15, 0.2) is 0 Å². The number of amides is 1. The van der Waals surface area contributed by atoms with Crippen molar-refractivity contribution in [3.05, 3.63) is 10.7 Å². The number of likely N-dealkylation sites (tertiary alicyclic amines) is 1. The average molecular weight is 343 g/mol. The zero-order chi connectivity index (χ0) is 14.4. The summed E-state index contributed by atoms with van der Waals surface area (Å²) in [6, 6.07) is 0. The van der Waals surface area contributed by atoms with Gasteiger partial charge in [-0.05, 0) is 35.2 Å².